The minimum absolute atomic E-state index is 0.687. The van der Waals surface area contributed by atoms with Crippen LogP contribution in [-0.4, -0.2) is 37.9 Å². The van der Waals surface area contributed by atoms with E-state index in [0.717, 1.165) is 40.4 Å². The van der Waals surface area contributed by atoms with Gasteiger partial charge in [0.25, 0.3) is 0 Å². The van der Waals surface area contributed by atoms with Crippen LogP contribution in [0.4, 0.5) is 0 Å². The van der Waals surface area contributed by atoms with Gasteiger partial charge in [-0.25, -0.2) is 0 Å². The quantitative estimate of drug-likeness (QED) is 0.546. The lowest BCUT2D eigenvalue weighted by atomic mass is 9.88. The molecule has 0 bridgehead atoms. The van der Waals surface area contributed by atoms with Crippen molar-refractivity contribution < 1.29 is 0 Å². The number of aryl methyl sites for hydroxylation is 2. The molecule has 5 heteroatoms. The van der Waals surface area contributed by atoms with E-state index in [2.05, 4.69) is 62.1 Å². The molecule has 0 unspecified atom stereocenters. The van der Waals surface area contributed by atoms with E-state index < -0.39 is 0 Å². The van der Waals surface area contributed by atoms with Crippen LogP contribution in [0.1, 0.15) is 23.2 Å². The smallest absolute Gasteiger partial charge is 0.118 e. The Balaban J connectivity index is 2.32. The fraction of sp³-hybridized carbons (Fsp3) is 0.375. The molecule has 0 amide bonds. The van der Waals surface area contributed by atoms with Crippen LogP contribution in [0.2, 0.25) is 0 Å². The third-order valence-electron chi connectivity index (χ3n) is 4.40. The number of H-pyrrole nitrogens is 1. The highest BCUT2D eigenvalue weighted by molar-refractivity contribution is 7.83. The number of hydrogen-bond acceptors (Lipinski definition) is 3. The number of nitrogens with one attached hydrogen (secondary N) is 1. The largest absolute Gasteiger partial charge is 0.359 e. The zero-order valence-electron chi connectivity index (χ0n) is 12.6. The summed E-state index contributed by atoms with van der Waals surface area (Å²) in [6.07, 6.45) is 3.38. The highest BCUT2D eigenvalue weighted by Crippen LogP contribution is 2.37. The van der Waals surface area contributed by atoms with Gasteiger partial charge in [0.15, 0.2) is 0 Å². The SMILES string of the molecule is [B]c1c(S)c(S)c(C)c2c(C3=CCN(C)CC3)c(C)[nH]c12. The summed E-state index contributed by atoms with van der Waals surface area (Å²) in [6.45, 7) is 6.29. The molecule has 0 aliphatic carbocycles. The first-order valence-corrected chi connectivity index (χ1v) is 8.01. The minimum Gasteiger partial charge on any atom is -0.359 e. The van der Waals surface area contributed by atoms with Gasteiger partial charge in [-0.2, -0.15) is 0 Å². The number of fused-ring (bicyclic) bond motifs is 1. The van der Waals surface area contributed by atoms with E-state index in [1.165, 1.54) is 22.2 Å². The van der Waals surface area contributed by atoms with Crippen LogP contribution in [0, 0.1) is 13.8 Å². The molecule has 2 radical (unpaired) electrons. The van der Waals surface area contributed by atoms with Crippen LogP contribution in [0.5, 0.6) is 0 Å². The van der Waals surface area contributed by atoms with Gasteiger partial charge >= 0.3 is 0 Å². The first kappa shape index (κ1) is 15.1. The van der Waals surface area contributed by atoms with Gasteiger partial charge in [-0.1, -0.05) is 11.5 Å². The van der Waals surface area contributed by atoms with Crippen molar-refractivity contribution in [2.45, 2.75) is 30.1 Å². The molecule has 0 atom stereocenters. The molecule has 1 aromatic carbocycles. The van der Waals surface area contributed by atoms with E-state index in [9.17, 15) is 0 Å². The Morgan fingerprint density at radius 3 is 2.57 bits per heavy atom. The molecule has 1 aliphatic heterocycles. The Morgan fingerprint density at radius 1 is 1.24 bits per heavy atom. The number of benzene rings is 1. The molecule has 3 rings (SSSR count). The van der Waals surface area contributed by atoms with Gasteiger partial charge in [-0.15, -0.1) is 25.3 Å². The summed E-state index contributed by atoms with van der Waals surface area (Å²) in [5.41, 5.74) is 6.69. The summed E-state index contributed by atoms with van der Waals surface area (Å²) < 4.78 is 0. The molecule has 0 fully saturated rings. The molecule has 0 spiro atoms. The molecule has 1 aromatic heterocycles. The molecular formula is C16H19BN2S2. The summed E-state index contributed by atoms with van der Waals surface area (Å²) in [6, 6.07) is 0. The first-order valence-electron chi connectivity index (χ1n) is 7.12. The van der Waals surface area contributed by atoms with Gasteiger partial charge in [0.1, 0.15) is 7.85 Å². The number of aromatic amines is 1. The van der Waals surface area contributed by atoms with E-state index in [-0.39, 0.29) is 0 Å². The van der Waals surface area contributed by atoms with Crippen molar-refractivity contribution in [3.05, 3.63) is 22.9 Å². The zero-order valence-corrected chi connectivity index (χ0v) is 14.4. The fourth-order valence-corrected chi connectivity index (χ4v) is 3.65. The van der Waals surface area contributed by atoms with Gasteiger partial charge in [-0.05, 0) is 38.5 Å². The van der Waals surface area contributed by atoms with E-state index in [4.69, 9.17) is 7.85 Å². The number of hydrogen-bond donors (Lipinski definition) is 3. The van der Waals surface area contributed by atoms with Gasteiger partial charge in [0, 0.05) is 45.0 Å². The summed E-state index contributed by atoms with van der Waals surface area (Å²) in [5.74, 6) is 0. The van der Waals surface area contributed by atoms with E-state index in [1.54, 1.807) is 0 Å². The number of aromatic nitrogens is 1. The number of nitrogens with zero attached hydrogens (tertiary/aromatic N) is 1. The van der Waals surface area contributed by atoms with E-state index in [1.807, 2.05) is 0 Å². The molecule has 2 aromatic rings. The Hall–Kier alpha value is -0.775. The lowest BCUT2D eigenvalue weighted by Crippen LogP contribution is -2.23. The molecule has 1 N–H and O–H groups in total. The Morgan fingerprint density at radius 2 is 1.95 bits per heavy atom. The summed E-state index contributed by atoms with van der Waals surface area (Å²) in [5, 5.41) is 1.20. The first-order chi connectivity index (χ1) is 9.91. The Kier molecular flexibility index (Phi) is 3.93. The molecule has 1 aliphatic rings. The summed E-state index contributed by atoms with van der Waals surface area (Å²) in [4.78, 5) is 7.40. The molecule has 21 heavy (non-hydrogen) atoms. The van der Waals surface area contributed by atoms with Gasteiger partial charge < -0.3 is 9.88 Å². The number of rotatable bonds is 1. The van der Waals surface area contributed by atoms with Crippen LogP contribution in [-0.2, 0) is 0 Å². The molecule has 2 nitrogen and oxygen atoms in total. The van der Waals surface area contributed by atoms with Gasteiger partial charge in [0.05, 0.1) is 0 Å². The normalized spacial score (nSPS) is 16.5. The maximum atomic E-state index is 6.24. The Bertz CT molecular complexity index is 762. The number of thiol groups is 2. The average Bonchev–Trinajstić information content (AvgIpc) is 2.81. The standard InChI is InChI=1S/C16H19BN2S2/c1-8-11-12(10-4-6-19(3)7-5-10)9(2)18-14(11)13(17)16(21)15(8)20/h4,18,20-21H,5-7H2,1-3H3. The summed E-state index contributed by atoms with van der Waals surface area (Å²) >= 11 is 9.09. The Labute approximate surface area is 138 Å². The molecule has 0 saturated heterocycles. The van der Waals surface area contributed by atoms with Gasteiger partial charge in [-0.3, -0.25) is 0 Å². The predicted octanol–water partition coefficient (Wildman–Crippen LogP) is 2.87. The van der Waals surface area contributed by atoms with Gasteiger partial charge in [0.2, 0.25) is 0 Å². The van der Waals surface area contributed by atoms with E-state index >= 15 is 0 Å². The van der Waals surface area contributed by atoms with Crippen LogP contribution in [0.3, 0.4) is 0 Å². The second kappa shape index (κ2) is 5.45. The highest BCUT2D eigenvalue weighted by Gasteiger charge is 2.20. The average molecular weight is 314 g/mol. The lowest BCUT2D eigenvalue weighted by Gasteiger charge is -2.22. The third-order valence-corrected chi connectivity index (χ3v) is 5.60. The van der Waals surface area contributed by atoms with Crippen molar-refractivity contribution in [1.82, 2.24) is 9.88 Å². The van der Waals surface area contributed by atoms with Crippen molar-refractivity contribution in [3.8, 4) is 0 Å². The molecule has 2 heterocycles. The zero-order chi connectivity index (χ0) is 15.3. The molecule has 0 saturated carbocycles. The van der Waals surface area contributed by atoms with Crippen molar-refractivity contribution in [1.29, 1.82) is 0 Å². The van der Waals surface area contributed by atoms with Crippen LogP contribution in [0.25, 0.3) is 16.5 Å². The topological polar surface area (TPSA) is 19.0 Å². The van der Waals surface area contributed by atoms with Crippen molar-refractivity contribution >= 4 is 55.0 Å². The van der Waals surface area contributed by atoms with Crippen LogP contribution >= 0.6 is 25.3 Å². The maximum absolute atomic E-state index is 6.24. The van der Waals surface area contributed by atoms with Crippen LogP contribution in [0.15, 0.2) is 15.9 Å². The minimum atomic E-state index is 0.687. The predicted molar refractivity (Wildman–Crippen MR) is 97.8 cm³/mol. The fourth-order valence-electron chi connectivity index (χ4n) is 3.14. The maximum Gasteiger partial charge on any atom is 0.118 e. The third kappa shape index (κ3) is 2.35. The highest BCUT2D eigenvalue weighted by atomic mass is 32.1. The van der Waals surface area contributed by atoms with E-state index in [0.29, 0.717) is 5.46 Å². The molecular weight excluding hydrogens is 295 g/mol. The monoisotopic (exact) mass is 314 g/mol. The van der Waals surface area contributed by atoms with Crippen LogP contribution < -0.4 is 5.46 Å². The van der Waals surface area contributed by atoms with Crippen molar-refractivity contribution in [2.75, 3.05) is 20.1 Å². The van der Waals surface area contributed by atoms with Crippen molar-refractivity contribution in [2.24, 2.45) is 0 Å². The second-order valence-electron chi connectivity index (χ2n) is 5.85. The second-order valence-corrected chi connectivity index (χ2v) is 6.75. The number of likely N-dealkylation sites (N-methyl/N-ethyl adjacent to an activating group) is 1. The van der Waals surface area contributed by atoms with Crippen molar-refractivity contribution in [3.63, 3.8) is 0 Å². The lowest BCUT2D eigenvalue weighted by molar-refractivity contribution is 0.370. The molecule has 108 valence electrons. The summed E-state index contributed by atoms with van der Waals surface area (Å²) in [7, 11) is 8.39.